The lowest BCUT2D eigenvalue weighted by atomic mass is 10.1. The molecular formula is C17H17ClN6O. The van der Waals surface area contributed by atoms with E-state index in [2.05, 4.69) is 26.2 Å². The minimum atomic E-state index is -0.320. The molecule has 2 N–H and O–H groups in total. The van der Waals surface area contributed by atoms with Crippen LogP contribution in [0.25, 0.3) is 5.69 Å². The van der Waals surface area contributed by atoms with Crippen molar-refractivity contribution in [2.24, 2.45) is 0 Å². The van der Waals surface area contributed by atoms with Crippen molar-refractivity contribution in [2.75, 3.05) is 5.32 Å². The topological polar surface area (TPSA) is 84.7 Å². The largest absolute Gasteiger partial charge is 0.331 e. The summed E-state index contributed by atoms with van der Waals surface area (Å²) in [5.41, 5.74) is 3.28. The third-order valence-corrected chi connectivity index (χ3v) is 4.13. The van der Waals surface area contributed by atoms with E-state index in [9.17, 15) is 4.79 Å². The fourth-order valence-electron chi connectivity index (χ4n) is 2.47. The predicted molar refractivity (Wildman–Crippen MR) is 95.9 cm³/mol. The maximum Gasteiger partial charge on any atom is 0.319 e. The van der Waals surface area contributed by atoms with E-state index in [-0.39, 0.29) is 12.1 Å². The number of rotatable bonds is 4. The minimum Gasteiger partial charge on any atom is -0.331 e. The number of anilines is 1. The first-order chi connectivity index (χ1) is 12.0. The molecule has 1 heterocycles. The first-order valence-corrected chi connectivity index (χ1v) is 8.08. The highest BCUT2D eigenvalue weighted by Gasteiger charge is 2.13. The van der Waals surface area contributed by atoms with Gasteiger partial charge in [-0.25, -0.2) is 9.48 Å². The molecule has 0 aliphatic heterocycles. The van der Waals surface area contributed by atoms with E-state index in [1.807, 2.05) is 50.2 Å². The van der Waals surface area contributed by atoms with E-state index in [0.717, 1.165) is 16.8 Å². The summed E-state index contributed by atoms with van der Waals surface area (Å²) in [5, 5.41) is 17.4. The Bertz CT molecular complexity index is 881. The molecule has 0 fully saturated rings. The Balaban J connectivity index is 1.71. The number of aromatic nitrogens is 4. The molecule has 0 spiro atoms. The zero-order chi connectivity index (χ0) is 17.8. The van der Waals surface area contributed by atoms with E-state index in [0.29, 0.717) is 10.7 Å². The lowest BCUT2D eigenvalue weighted by Gasteiger charge is -2.16. The molecule has 1 atom stereocenters. The third-order valence-electron chi connectivity index (χ3n) is 3.78. The zero-order valence-corrected chi connectivity index (χ0v) is 14.5. The summed E-state index contributed by atoms with van der Waals surface area (Å²) in [6.45, 7) is 3.82. The molecule has 3 rings (SSSR count). The molecule has 0 radical (unpaired) electrons. The van der Waals surface area contributed by atoms with E-state index in [4.69, 9.17) is 11.6 Å². The SMILES string of the molecule is Cc1ccc(NC(=O)N[C@@H](C)c2ccccc2Cl)cc1-n1cnnn1. The van der Waals surface area contributed by atoms with E-state index in [1.165, 1.54) is 6.33 Å². The molecule has 2 amide bonds. The highest BCUT2D eigenvalue weighted by atomic mass is 35.5. The van der Waals surface area contributed by atoms with Crippen LogP contribution in [0.15, 0.2) is 48.8 Å². The number of aryl methyl sites for hydroxylation is 1. The monoisotopic (exact) mass is 356 g/mol. The summed E-state index contributed by atoms with van der Waals surface area (Å²) in [4.78, 5) is 12.3. The second kappa shape index (κ2) is 7.31. The number of carbonyl (C=O) groups excluding carboxylic acids is 1. The maximum atomic E-state index is 12.3. The van der Waals surface area contributed by atoms with Crippen LogP contribution in [-0.4, -0.2) is 26.2 Å². The number of hydrogen-bond acceptors (Lipinski definition) is 4. The van der Waals surface area contributed by atoms with Crippen molar-refractivity contribution < 1.29 is 4.79 Å². The Hall–Kier alpha value is -2.93. The zero-order valence-electron chi connectivity index (χ0n) is 13.8. The summed E-state index contributed by atoms with van der Waals surface area (Å²) in [6.07, 6.45) is 1.51. The fourth-order valence-corrected chi connectivity index (χ4v) is 2.77. The van der Waals surface area contributed by atoms with Crippen LogP contribution in [0, 0.1) is 6.92 Å². The van der Waals surface area contributed by atoms with Crippen LogP contribution in [0.1, 0.15) is 24.1 Å². The van der Waals surface area contributed by atoms with Crippen LogP contribution in [0.3, 0.4) is 0 Å². The van der Waals surface area contributed by atoms with Gasteiger partial charge in [0.25, 0.3) is 0 Å². The van der Waals surface area contributed by atoms with Gasteiger partial charge in [0.1, 0.15) is 6.33 Å². The van der Waals surface area contributed by atoms with Gasteiger partial charge in [0.15, 0.2) is 0 Å². The number of hydrogen-bond donors (Lipinski definition) is 2. The summed E-state index contributed by atoms with van der Waals surface area (Å²) in [7, 11) is 0. The third kappa shape index (κ3) is 3.95. The first-order valence-electron chi connectivity index (χ1n) is 7.70. The van der Waals surface area contributed by atoms with Crippen molar-refractivity contribution in [2.45, 2.75) is 19.9 Å². The normalized spacial score (nSPS) is 11.8. The molecular weight excluding hydrogens is 340 g/mol. The average Bonchev–Trinajstić information content (AvgIpc) is 3.11. The first kappa shape index (κ1) is 16.9. The second-order valence-electron chi connectivity index (χ2n) is 5.60. The molecule has 25 heavy (non-hydrogen) atoms. The fraction of sp³-hybridized carbons (Fsp3) is 0.176. The van der Waals surface area contributed by atoms with Crippen molar-refractivity contribution >= 4 is 23.3 Å². The van der Waals surface area contributed by atoms with Gasteiger partial charge in [-0.15, -0.1) is 5.10 Å². The van der Waals surface area contributed by atoms with Gasteiger partial charge in [-0.3, -0.25) is 0 Å². The quantitative estimate of drug-likeness (QED) is 0.749. The lowest BCUT2D eigenvalue weighted by molar-refractivity contribution is 0.249. The smallest absolute Gasteiger partial charge is 0.319 e. The van der Waals surface area contributed by atoms with Crippen LogP contribution in [0.5, 0.6) is 0 Å². The van der Waals surface area contributed by atoms with Gasteiger partial charge >= 0.3 is 6.03 Å². The number of urea groups is 1. The number of nitrogens with one attached hydrogen (secondary N) is 2. The molecule has 0 saturated heterocycles. The van der Waals surface area contributed by atoms with E-state index < -0.39 is 0 Å². The Labute approximate surface area is 150 Å². The highest BCUT2D eigenvalue weighted by Crippen LogP contribution is 2.22. The molecule has 0 unspecified atom stereocenters. The summed E-state index contributed by atoms with van der Waals surface area (Å²) in [6, 6.07) is 12.4. The predicted octanol–water partition coefficient (Wildman–Crippen LogP) is 3.51. The number of tetrazole rings is 1. The van der Waals surface area contributed by atoms with Crippen molar-refractivity contribution in [3.63, 3.8) is 0 Å². The molecule has 1 aromatic heterocycles. The minimum absolute atomic E-state index is 0.224. The Kier molecular flexibility index (Phi) is 4.95. The number of amides is 2. The van der Waals surface area contributed by atoms with Crippen LogP contribution < -0.4 is 10.6 Å². The average molecular weight is 357 g/mol. The molecule has 0 aliphatic carbocycles. The molecule has 2 aromatic carbocycles. The molecule has 3 aromatic rings. The van der Waals surface area contributed by atoms with Crippen LogP contribution in [0.2, 0.25) is 5.02 Å². The van der Waals surface area contributed by atoms with Crippen LogP contribution in [-0.2, 0) is 0 Å². The summed E-state index contributed by atoms with van der Waals surface area (Å²) >= 11 is 6.16. The Morgan fingerprint density at radius 1 is 1.24 bits per heavy atom. The Morgan fingerprint density at radius 3 is 2.76 bits per heavy atom. The van der Waals surface area contributed by atoms with Gasteiger partial charge in [0.05, 0.1) is 11.7 Å². The maximum absolute atomic E-state index is 12.3. The highest BCUT2D eigenvalue weighted by molar-refractivity contribution is 6.31. The van der Waals surface area contributed by atoms with Gasteiger partial charge in [-0.2, -0.15) is 0 Å². The molecule has 0 bridgehead atoms. The number of benzene rings is 2. The van der Waals surface area contributed by atoms with Gasteiger partial charge < -0.3 is 10.6 Å². The van der Waals surface area contributed by atoms with Crippen molar-refractivity contribution in [1.82, 2.24) is 25.5 Å². The molecule has 0 saturated carbocycles. The molecule has 8 heteroatoms. The standard InChI is InChI=1S/C17H17ClN6O/c1-11-7-8-13(9-16(11)24-10-19-22-23-24)21-17(25)20-12(2)14-5-3-4-6-15(14)18/h3-10,12H,1-2H3,(H2,20,21,25)/t12-/m0/s1. The molecule has 7 nitrogen and oxygen atoms in total. The summed E-state index contributed by atoms with van der Waals surface area (Å²) < 4.78 is 1.55. The van der Waals surface area contributed by atoms with E-state index in [1.54, 1.807) is 10.7 Å². The number of nitrogens with zero attached hydrogens (tertiary/aromatic N) is 4. The number of carbonyl (C=O) groups is 1. The van der Waals surface area contributed by atoms with Crippen LogP contribution >= 0.6 is 11.6 Å². The Morgan fingerprint density at radius 2 is 2.04 bits per heavy atom. The summed E-state index contributed by atoms with van der Waals surface area (Å²) in [5.74, 6) is 0. The number of halogens is 1. The molecule has 0 aliphatic rings. The van der Waals surface area contributed by atoms with Gasteiger partial charge in [0, 0.05) is 10.7 Å². The second-order valence-corrected chi connectivity index (χ2v) is 6.00. The van der Waals surface area contributed by atoms with Crippen molar-refractivity contribution in [1.29, 1.82) is 0 Å². The van der Waals surface area contributed by atoms with Gasteiger partial charge in [-0.05, 0) is 53.6 Å². The lowest BCUT2D eigenvalue weighted by Crippen LogP contribution is -2.31. The van der Waals surface area contributed by atoms with E-state index >= 15 is 0 Å². The van der Waals surface area contributed by atoms with Gasteiger partial charge in [0.2, 0.25) is 0 Å². The van der Waals surface area contributed by atoms with Crippen molar-refractivity contribution in [3.05, 3.63) is 64.9 Å². The van der Waals surface area contributed by atoms with Crippen molar-refractivity contribution in [3.8, 4) is 5.69 Å². The van der Waals surface area contributed by atoms with Gasteiger partial charge in [-0.1, -0.05) is 35.9 Å². The molecule has 128 valence electrons. The van der Waals surface area contributed by atoms with Crippen LogP contribution in [0.4, 0.5) is 10.5 Å².